The van der Waals surface area contributed by atoms with Crippen molar-refractivity contribution in [3.05, 3.63) is 53.4 Å². The minimum absolute atomic E-state index is 0.00724. The molecule has 0 bridgehead atoms. The largest absolute Gasteiger partial charge is 0.351 e. The maximum absolute atomic E-state index is 12.0. The Morgan fingerprint density at radius 2 is 2.04 bits per heavy atom. The van der Waals surface area contributed by atoms with Gasteiger partial charge in [-0.2, -0.15) is 0 Å². The lowest BCUT2D eigenvalue weighted by Gasteiger charge is -2.07. The van der Waals surface area contributed by atoms with Crippen LogP contribution >= 0.6 is 23.1 Å². The summed E-state index contributed by atoms with van der Waals surface area (Å²) < 4.78 is 2.04. The standard InChI is InChI=1S/C17H18N4OS2/c1-2-21-16(14-9-6-10-23-14)19-20-17(21)24-12-15(22)18-11-13-7-4-3-5-8-13/h3-10H,2,11-12H2,1H3,(H,18,22). The zero-order valence-electron chi connectivity index (χ0n) is 13.3. The van der Waals surface area contributed by atoms with Crippen LogP contribution in [0.4, 0.5) is 0 Å². The van der Waals surface area contributed by atoms with E-state index in [9.17, 15) is 4.79 Å². The Balaban J connectivity index is 1.57. The predicted octanol–water partition coefficient (Wildman–Crippen LogP) is 3.44. The van der Waals surface area contributed by atoms with Crippen LogP contribution in [0.15, 0.2) is 53.0 Å². The molecule has 1 aromatic carbocycles. The molecule has 3 aromatic rings. The van der Waals surface area contributed by atoms with Crippen LogP contribution in [0.5, 0.6) is 0 Å². The fourth-order valence-corrected chi connectivity index (χ4v) is 3.80. The highest BCUT2D eigenvalue weighted by molar-refractivity contribution is 7.99. The molecule has 0 saturated carbocycles. The number of thioether (sulfide) groups is 1. The normalized spacial score (nSPS) is 10.7. The molecule has 5 nitrogen and oxygen atoms in total. The molecule has 0 spiro atoms. The molecular formula is C17H18N4OS2. The summed E-state index contributed by atoms with van der Waals surface area (Å²) in [6, 6.07) is 13.9. The number of aromatic nitrogens is 3. The molecule has 3 rings (SSSR count). The van der Waals surface area contributed by atoms with Crippen molar-refractivity contribution in [3.8, 4) is 10.7 Å². The monoisotopic (exact) mass is 358 g/mol. The SMILES string of the molecule is CCn1c(SCC(=O)NCc2ccccc2)nnc1-c1cccs1. The third-order valence-corrected chi connectivity index (χ3v) is 5.27. The van der Waals surface area contributed by atoms with Crippen LogP contribution in [0.25, 0.3) is 10.7 Å². The second-order valence-electron chi connectivity index (χ2n) is 5.08. The van der Waals surface area contributed by atoms with Gasteiger partial charge in [-0.1, -0.05) is 48.2 Å². The summed E-state index contributed by atoms with van der Waals surface area (Å²) in [4.78, 5) is 13.1. The number of nitrogens with zero attached hydrogens (tertiary/aromatic N) is 3. The van der Waals surface area contributed by atoms with E-state index in [4.69, 9.17) is 0 Å². The molecule has 124 valence electrons. The number of carbonyl (C=O) groups excluding carboxylic acids is 1. The zero-order valence-corrected chi connectivity index (χ0v) is 14.9. The molecule has 1 amide bonds. The Labute approximate surface area is 149 Å². The van der Waals surface area contributed by atoms with Crippen molar-refractivity contribution < 1.29 is 4.79 Å². The molecular weight excluding hydrogens is 340 g/mol. The fraction of sp³-hybridized carbons (Fsp3) is 0.235. The van der Waals surface area contributed by atoms with Crippen LogP contribution in [-0.4, -0.2) is 26.4 Å². The average Bonchev–Trinajstić information content (AvgIpc) is 3.27. The first kappa shape index (κ1) is 16.7. The number of thiophene rings is 1. The van der Waals surface area contributed by atoms with Gasteiger partial charge in [-0.15, -0.1) is 21.5 Å². The smallest absolute Gasteiger partial charge is 0.230 e. The number of amides is 1. The van der Waals surface area contributed by atoms with Gasteiger partial charge in [0.2, 0.25) is 5.91 Å². The van der Waals surface area contributed by atoms with Crippen molar-refractivity contribution in [1.29, 1.82) is 0 Å². The van der Waals surface area contributed by atoms with Crippen molar-refractivity contribution in [3.63, 3.8) is 0 Å². The molecule has 0 aliphatic rings. The molecule has 2 heterocycles. The number of hydrogen-bond acceptors (Lipinski definition) is 5. The average molecular weight is 358 g/mol. The van der Waals surface area contributed by atoms with E-state index in [0.717, 1.165) is 28.0 Å². The second-order valence-corrected chi connectivity index (χ2v) is 6.97. The fourth-order valence-electron chi connectivity index (χ4n) is 2.25. The summed E-state index contributed by atoms with van der Waals surface area (Å²) in [5, 5.41) is 14.2. The van der Waals surface area contributed by atoms with E-state index in [-0.39, 0.29) is 5.91 Å². The highest BCUT2D eigenvalue weighted by atomic mass is 32.2. The molecule has 0 aliphatic heterocycles. The van der Waals surface area contributed by atoms with Crippen molar-refractivity contribution in [2.24, 2.45) is 0 Å². The van der Waals surface area contributed by atoms with Gasteiger partial charge < -0.3 is 9.88 Å². The molecule has 0 unspecified atom stereocenters. The van der Waals surface area contributed by atoms with Crippen LogP contribution < -0.4 is 5.32 Å². The van der Waals surface area contributed by atoms with Crippen LogP contribution in [0.1, 0.15) is 12.5 Å². The summed E-state index contributed by atoms with van der Waals surface area (Å²) in [5.74, 6) is 1.18. The highest BCUT2D eigenvalue weighted by Crippen LogP contribution is 2.26. The Hall–Kier alpha value is -2.12. The van der Waals surface area contributed by atoms with Crippen LogP contribution in [0, 0.1) is 0 Å². The highest BCUT2D eigenvalue weighted by Gasteiger charge is 2.15. The zero-order chi connectivity index (χ0) is 16.8. The van der Waals surface area contributed by atoms with E-state index in [0.29, 0.717) is 12.3 Å². The Kier molecular flexibility index (Phi) is 5.66. The van der Waals surface area contributed by atoms with E-state index in [1.165, 1.54) is 11.8 Å². The maximum Gasteiger partial charge on any atom is 0.230 e. The van der Waals surface area contributed by atoms with Crippen molar-refractivity contribution in [1.82, 2.24) is 20.1 Å². The summed E-state index contributed by atoms with van der Waals surface area (Å²) >= 11 is 3.05. The van der Waals surface area contributed by atoms with Crippen LogP contribution in [-0.2, 0) is 17.9 Å². The van der Waals surface area contributed by atoms with Gasteiger partial charge in [-0.05, 0) is 23.9 Å². The molecule has 24 heavy (non-hydrogen) atoms. The van der Waals surface area contributed by atoms with Gasteiger partial charge in [-0.25, -0.2) is 0 Å². The lowest BCUT2D eigenvalue weighted by atomic mass is 10.2. The lowest BCUT2D eigenvalue weighted by Crippen LogP contribution is -2.24. The van der Waals surface area contributed by atoms with Crippen molar-refractivity contribution in [2.75, 3.05) is 5.75 Å². The van der Waals surface area contributed by atoms with Gasteiger partial charge in [-0.3, -0.25) is 4.79 Å². The first-order valence-electron chi connectivity index (χ1n) is 7.68. The van der Waals surface area contributed by atoms with Gasteiger partial charge in [0.1, 0.15) is 0 Å². The predicted molar refractivity (Wildman–Crippen MR) is 98.0 cm³/mol. The minimum Gasteiger partial charge on any atom is -0.351 e. The van der Waals surface area contributed by atoms with E-state index >= 15 is 0 Å². The number of benzene rings is 1. The van der Waals surface area contributed by atoms with Crippen LogP contribution in [0.2, 0.25) is 0 Å². The van der Waals surface area contributed by atoms with Gasteiger partial charge in [0.25, 0.3) is 0 Å². The Bertz CT molecular complexity index is 784. The van der Waals surface area contributed by atoms with E-state index in [1.54, 1.807) is 11.3 Å². The second kappa shape index (κ2) is 8.12. The summed E-state index contributed by atoms with van der Waals surface area (Å²) in [6.45, 7) is 3.37. The quantitative estimate of drug-likeness (QED) is 0.657. The molecule has 2 aromatic heterocycles. The maximum atomic E-state index is 12.0. The number of carbonyl (C=O) groups is 1. The molecule has 1 N–H and O–H groups in total. The number of nitrogens with one attached hydrogen (secondary N) is 1. The van der Waals surface area contributed by atoms with Gasteiger partial charge in [0, 0.05) is 13.1 Å². The lowest BCUT2D eigenvalue weighted by molar-refractivity contribution is -0.118. The third-order valence-electron chi connectivity index (χ3n) is 3.44. The number of hydrogen-bond donors (Lipinski definition) is 1. The molecule has 0 aliphatic carbocycles. The first-order valence-corrected chi connectivity index (χ1v) is 9.55. The molecule has 0 fully saturated rings. The first-order chi connectivity index (χ1) is 11.8. The summed E-state index contributed by atoms with van der Waals surface area (Å²) in [7, 11) is 0. The van der Waals surface area contributed by atoms with Gasteiger partial charge in [0.15, 0.2) is 11.0 Å². The molecule has 0 atom stereocenters. The van der Waals surface area contributed by atoms with Crippen molar-refractivity contribution in [2.45, 2.75) is 25.2 Å². The molecule has 7 heteroatoms. The summed E-state index contributed by atoms with van der Waals surface area (Å²) in [5.41, 5.74) is 1.09. The third kappa shape index (κ3) is 4.04. The Morgan fingerprint density at radius 3 is 2.75 bits per heavy atom. The van der Waals surface area contributed by atoms with Crippen LogP contribution in [0.3, 0.4) is 0 Å². The van der Waals surface area contributed by atoms with Gasteiger partial charge in [0.05, 0.1) is 10.6 Å². The number of rotatable bonds is 7. The van der Waals surface area contributed by atoms with E-state index < -0.39 is 0 Å². The Morgan fingerprint density at radius 1 is 1.21 bits per heavy atom. The van der Waals surface area contributed by atoms with Gasteiger partial charge >= 0.3 is 0 Å². The summed E-state index contributed by atoms with van der Waals surface area (Å²) in [6.07, 6.45) is 0. The van der Waals surface area contributed by atoms with E-state index in [2.05, 4.69) is 22.4 Å². The minimum atomic E-state index is -0.00724. The molecule has 0 radical (unpaired) electrons. The van der Waals surface area contributed by atoms with Crippen molar-refractivity contribution >= 4 is 29.0 Å². The molecule has 0 saturated heterocycles. The topological polar surface area (TPSA) is 59.8 Å². The van der Waals surface area contributed by atoms with E-state index in [1.807, 2.05) is 52.4 Å².